The van der Waals surface area contributed by atoms with Crippen molar-refractivity contribution in [3.8, 4) is 0 Å². The van der Waals surface area contributed by atoms with E-state index in [-0.39, 0.29) is 5.91 Å². The van der Waals surface area contributed by atoms with Crippen LogP contribution in [0, 0.1) is 0 Å². The normalized spacial score (nSPS) is 12.8. The van der Waals surface area contributed by atoms with Crippen LogP contribution in [0.4, 0.5) is 4.79 Å². The number of ether oxygens (including phenoxy) is 1. The van der Waals surface area contributed by atoms with Crippen LogP contribution in [0.2, 0.25) is 0 Å². The predicted molar refractivity (Wildman–Crippen MR) is 62.1 cm³/mol. The van der Waals surface area contributed by atoms with Crippen LogP contribution >= 0.6 is 0 Å². The number of hydrogen-bond donors (Lipinski definition) is 2. The summed E-state index contributed by atoms with van der Waals surface area (Å²) < 4.78 is 5.03. The molecule has 0 spiro atoms. The summed E-state index contributed by atoms with van der Waals surface area (Å²) in [4.78, 5) is 22.8. The van der Waals surface area contributed by atoms with E-state index in [4.69, 9.17) is 4.74 Å². The summed E-state index contributed by atoms with van der Waals surface area (Å²) in [5.41, 5.74) is -0.552. The standard InChI is InChI=1S/C11H22N2O3/c1-6-7-12-9(14)8(2)13-10(15)16-11(3,4)5/h8H,6-7H2,1-5H3,(H,12,14)(H,13,15). The number of carbonyl (C=O) groups excluding carboxylic acids is 2. The molecule has 5 heteroatoms. The van der Waals surface area contributed by atoms with Crippen molar-refractivity contribution in [2.75, 3.05) is 6.54 Å². The Morgan fingerprint density at radius 1 is 1.31 bits per heavy atom. The second-order valence-electron chi connectivity index (χ2n) is 4.66. The zero-order chi connectivity index (χ0) is 12.8. The minimum Gasteiger partial charge on any atom is -0.444 e. The lowest BCUT2D eigenvalue weighted by Gasteiger charge is -2.21. The Kier molecular flexibility index (Phi) is 5.85. The maximum Gasteiger partial charge on any atom is 0.408 e. The SMILES string of the molecule is CCCNC(=O)C(C)NC(=O)OC(C)(C)C. The van der Waals surface area contributed by atoms with Crippen molar-refractivity contribution in [2.24, 2.45) is 0 Å². The molecule has 94 valence electrons. The summed E-state index contributed by atoms with van der Waals surface area (Å²) in [6.07, 6.45) is 0.289. The first-order valence-electron chi connectivity index (χ1n) is 5.53. The largest absolute Gasteiger partial charge is 0.444 e. The van der Waals surface area contributed by atoms with Gasteiger partial charge in [-0.25, -0.2) is 4.79 Å². The van der Waals surface area contributed by atoms with Gasteiger partial charge in [-0.3, -0.25) is 4.79 Å². The summed E-state index contributed by atoms with van der Waals surface area (Å²) in [7, 11) is 0. The van der Waals surface area contributed by atoms with E-state index >= 15 is 0 Å². The molecule has 1 unspecified atom stereocenters. The van der Waals surface area contributed by atoms with E-state index in [0.717, 1.165) is 6.42 Å². The summed E-state index contributed by atoms with van der Waals surface area (Å²) >= 11 is 0. The van der Waals surface area contributed by atoms with Gasteiger partial charge in [0.15, 0.2) is 0 Å². The number of hydrogen-bond acceptors (Lipinski definition) is 3. The average Bonchev–Trinajstić information content (AvgIpc) is 2.10. The molecule has 0 rings (SSSR count). The van der Waals surface area contributed by atoms with Crippen molar-refractivity contribution in [3.63, 3.8) is 0 Å². The molecule has 0 saturated carbocycles. The molecular formula is C11H22N2O3. The second-order valence-corrected chi connectivity index (χ2v) is 4.66. The molecule has 0 aromatic heterocycles. The quantitative estimate of drug-likeness (QED) is 0.767. The third-order valence-corrected chi connectivity index (χ3v) is 1.68. The smallest absolute Gasteiger partial charge is 0.408 e. The van der Waals surface area contributed by atoms with Crippen LogP contribution in [0.25, 0.3) is 0 Å². The number of rotatable bonds is 4. The maximum atomic E-state index is 11.4. The molecule has 0 aliphatic carbocycles. The number of alkyl carbamates (subject to hydrolysis) is 1. The molecule has 2 N–H and O–H groups in total. The summed E-state index contributed by atoms with van der Waals surface area (Å²) in [5.74, 6) is -0.201. The Labute approximate surface area is 96.9 Å². The number of carbonyl (C=O) groups is 2. The number of nitrogens with one attached hydrogen (secondary N) is 2. The molecule has 2 amide bonds. The summed E-state index contributed by atoms with van der Waals surface area (Å²) in [5, 5.41) is 5.16. The third kappa shape index (κ3) is 7.09. The Hall–Kier alpha value is -1.26. The highest BCUT2D eigenvalue weighted by molar-refractivity contribution is 5.85. The Morgan fingerprint density at radius 3 is 2.31 bits per heavy atom. The van der Waals surface area contributed by atoms with Gasteiger partial charge < -0.3 is 15.4 Å². The Balaban J connectivity index is 3.99. The highest BCUT2D eigenvalue weighted by Crippen LogP contribution is 2.06. The zero-order valence-corrected chi connectivity index (χ0v) is 10.7. The molecule has 16 heavy (non-hydrogen) atoms. The van der Waals surface area contributed by atoms with Gasteiger partial charge in [0.2, 0.25) is 5.91 Å². The van der Waals surface area contributed by atoms with Crippen molar-refractivity contribution < 1.29 is 14.3 Å². The lowest BCUT2D eigenvalue weighted by molar-refractivity contribution is -0.122. The first kappa shape index (κ1) is 14.7. The monoisotopic (exact) mass is 230 g/mol. The van der Waals surface area contributed by atoms with Gasteiger partial charge in [0.05, 0.1) is 0 Å². The first-order valence-corrected chi connectivity index (χ1v) is 5.53. The molecule has 0 fully saturated rings. The molecular weight excluding hydrogens is 208 g/mol. The van der Waals surface area contributed by atoms with Crippen molar-refractivity contribution in [1.29, 1.82) is 0 Å². The molecule has 0 heterocycles. The molecule has 0 aliphatic rings. The summed E-state index contributed by atoms with van der Waals surface area (Å²) in [6, 6.07) is -0.582. The molecule has 0 aromatic carbocycles. The Bertz CT molecular complexity index is 246. The van der Waals surface area contributed by atoms with Crippen molar-refractivity contribution in [1.82, 2.24) is 10.6 Å². The van der Waals surface area contributed by atoms with Crippen LogP contribution < -0.4 is 10.6 Å². The van der Waals surface area contributed by atoms with Gasteiger partial charge in [-0.2, -0.15) is 0 Å². The van der Waals surface area contributed by atoms with E-state index in [9.17, 15) is 9.59 Å². The fraction of sp³-hybridized carbons (Fsp3) is 0.818. The number of amides is 2. The third-order valence-electron chi connectivity index (χ3n) is 1.68. The van der Waals surface area contributed by atoms with Crippen LogP contribution in [0.1, 0.15) is 41.0 Å². The van der Waals surface area contributed by atoms with Crippen LogP contribution in [-0.4, -0.2) is 30.2 Å². The predicted octanol–water partition coefficient (Wildman–Crippen LogP) is 1.43. The molecule has 5 nitrogen and oxygen atoms in total. The topological polar surface area (TPSA) is 67.4 Å². The van der Waals surface area contributed by atoms with Crippen LogP contribution in [0.3, 0.4) is 0 Å². The molecule has 0 bridgehead atoms. The fourth-order valence-electron chi connectivity index (χ4n) is 0.951. The lowest BCUT2D eigenvalue weighted by Crippen LogP contribution is -2.46. The molecule has 0 radical (unpaired) electrons. The van der Waals surface area contributed by atoms with Crippen molar-refractivity contribution in [2.45, 2.75) is 52.7 Å². The van der Waals surface area contributed by atoms with E-state index in [1.165, 1.54) is 0 Å². The van der Waals surface area contributed by atoms with Crippen LogP contribution in [0.5, 0.6) is 0 Å². The van der Waals surface area contributed by atoms with Crippen molar-refractivity contribution >= 4 is 12.0 Å². The van der Waals surface area contributed by atoms with Gasteiger partial charge in [0.1, 0.15) is 11.6 Å². The van der Waals surface area contributed by atoms with Gasteiger partial charge in [0, 0.05) is 6.54 Å². The van der Waals surface area contributed by atoms with Gasteiger partial charge in [-0.15, -0.1) is 0 Å². The minimum atomic E-state index is -0.582. The highest BCUT2D eigenvalue weighted by Gasteiger charge is 2.20. The average molecular weight is 230 g/mol. The molecule has 1 atom stereocenters. The van der Waals surface area contributed by atoms with Crippen LogP contribution in [-0.2, 0) is 9.53 Å². The van der Waals surface area contributed by atoms with Gasteiger partial charge >= 0.3 is 6.09 Å². The first-order chi connectivity index (χ1) is 7.26. The lowest BCUT2D eigenvalue weighted by atomic mass is 10.2. The van der Waals surface area contributed by atoms with E-state index in [2.05, 4.69) is 10.6 Å². The maximum absolute atomic E-state index is 11.4. The highest BCUT2D eigenvalue weighted by atomic mass is 16.6. The van der Waals surface area contributed by atoms with E-state index < -0.39 is 17.7 Å². The molecule has 0 aliphatic heterocycles. The minimum absolute atomic E-state index is 0.201. The van der Waals surface area contributed by atoms with E-state index in [1.54, 1.807) is 27.7 Å². The van der Waals surface area contributed by atoms with E-state index in [1.807, 2.05) is 6.92 Å². The molecule has 0 aromatic rings. The zero-order valence-electron chi connectivity index (χ0n) is 10.7. The fourth-order valence-corrected chi connectivity index (χ4v) is 0.951. The van der Waals surface area contributed by atoms with Crippen molar-refractivity contribution in [3.05, 3.63) is 0 Å². The molecule has 0 saturated heterocycles. The van der Waals surface area contributed by atoms with Gasteiger partial charge in [-0.05, 0) is 34.1 Å². The van der Waals surface area contributed by atoms with Gasteiger partial charge in [-0.1, -0.05) is 6.92 Å². The van der Waals surface area contributed by atoms with Crippen LogP contribution in [0.15, 0.2) is 0 Å². The van der Waals surface area contributed by atoms with E-state index in [0.29, 0.717) is 6.54 Å². The van der Waals surface area contributed by atoms with Gasteiger partial charge in [0.25, 0.3) is 0 Å². The second kappa shape index (κ2) is 6.35. The summed E-state index contributed by atoms with van der Waals surface area (Å²) in [6.45, 7) is 9.51. The Morgan fingerprint density at radius 2 is 1.88 bits per heavy atom.